The quantitative estimate of drug-likeness (QED) is 0.912. The third-order valence-electron chi connectivity index (χ3n) is 3.86. The van der Waals surface area contributed by atoms with Crippen molar-refractivity contribution in [3.63, 3.8) is 0 Å². The summed E-state index contributed by atoms with van der Waals surface area (Å²) in [7, 11) is -0.730. The maximum atomic E-state index is 11.4. The Morgan fingerprint density at radius 1 is 1.42 bits per heavy atom. The summed E-state index contributed by atoms with van der Waals surface area (Å²) in [5, 5.41) is 3.61. The van der Waals surface area contributed by atoms with Gasteiger partial charge < -0.3 is 5.32 Å². The number of hydrogen-bond acceptors (Lipinski definition) is 3. The summed E-state index contributed by atoms with van der Waals surface area (Å²) in [5.41, 5.74) is 1.34. The second kappa shape index (κ2) is 6.64. The predicted octanol–water partition coefficient (Wildman–Crippen LogP) is 1.79. The van der Waals surface area contributed by atoms with E-state index in [1.165, 1.54) is 5.56 Å². The van der Waals surface area contributed by atoms with E-state index in [0.717, 1.165) is 18.8 Å². The second-order valence-electron chi connectivity index (χ2n) is 5.51. The monoisotopic (exact) mass is 280 g/mol. The van der Waals surface area contributed by atoms with Crippen LogP contribution < -0.4 is 5.32 Å². The molecule has 19 heavy (non-hydrogen) atoms. The second-order valence-corrected chi connectivity index (χ2v) is 6.99. The first-order chi connectivity index (χ1) is 9.08. The standard InChI is InChI=1S/C15H24N2OS/c1-12-9-16-15(14-7-5-4-6-8-14)10-17(12)13(2)11-19(3)18/h4-8,12-13,15-16H,9-11H2,1-3H3. The molecule has 1 N–H and O–H groups in total. The van der Waals surface area contributed by atoms with Crippen LogP contribution in [-0.2, 0) is 10.8 Å². The molecule has 4 heteroatoms. The number of hydrogen-bond donors (Lipinski definition) is 1. The fourth-order valence-corrected chi connectivity index (χ4v) is 3.71. The molecular weight excluding hydrogens is 256 g/mol. The smallest absolute Gasteiger partial charge is 0.0450 e. The van der Waals surface area contributed by atoms with E-state index in [2.05, 4.69) is 54.4 Å². The van der Waals surface area contributed by atoms with Crippen molar-refractivity contribution in [1.29, 1.82) is 0 Å². The first kappa shape index (κ1) is 14.7. The molecule has 0 aliphatic carbocycles. The average molecular weight is 280 g/mol. The minimum atomic E-state index is -0.730. The Labute approximate surface area is 118 Å². The summed E-state index contributed by atoms with van der Waals surface area (Å²) in [6.07, 6.45) is 1.79. The lowest BCUT2D eigenvalue weighted by molar-refractivity contribution is 0.109. The molecular formula is C15H24N2OS. The number of rotatable bonds is 4. The lowest BCUT2D eigenvalue weighted by Crippen LogP contribution is -2.55. The van der Waals surface area contributed by atoms with E-state index in [1.54, 1.807) is 6.26 Å². The first-order valence-corrected chi connectivity index (χ1v) is 8.64. The highest BCUT2D eigenvalue weighted by molar-refractivity contribution is 7.84. The average Bonchev–Trinajstić information content (AvgIpc) is 2.39. The highest BCUT2D eigenvalue weighted by atomic mass is 32.2. The van der Waals surface area contributed by atoms with Crippen LogP contribution in [0.15, 0.2) is 30.3 Å². The van der Waals surface area contributed by atoms with E-state index in [4.69, 9.17) is 0 Å². The summed E-state index contributed by atoms with van der Waals surface area (Å²) < 4.78 is 11.4. The van der Waals surface area contributed by atoms with Crippen LogP contribution in [0.4, 0.5) is 0 Å². The van der Waals surface area contributed by atoms with Gasteiger partial charge in [0.15, 0.2) is 0 Å². The van der Waals surface area contributed by atoms with Gasteiger partial charge in [-0.1, -0.05) is 30.3 Å². The molecule has 1 aromatic rings. The van der Waals surface area contributed by atoms with Gasteiger partial charge in [0.25, 0.3) is 0 Å². The van der Waals surface area contributed by atoms with Crippen LogP contribution >= 0.6 is 0 Å². The highest BCUT2D eigenvalue weighted by Crippen LogP contribution is 2.21. The van der Waals surface area contributed by atoms with Crippen molar-refractivity contribution in [3.05, 3.63) is 35.9 Å². The predicted molar refractivity (Wildman–Crippen MR) is 81.7 cm³/mol. The molecule has 4 unspecified atom stereocenters. The Bertz CT molecular complexity index is 423. The molecule has 0 saturated carbocycles. The van der Waals surface area contributed by atoms with Gasteiger partial charge in [-0.3, -0.25) is 9.11 Å². The van der Waals surface area contributed by atoms with Gasteiger partial charge in [0.1, 0.15) is 0 Å². The summed E-state index contributed by atoms with van der Waals surface area (Å²) in [5.74, 6) is 0.756. The van der Waals surface area contributed by atoms with Crippen LogP contribution in [0.1, 0.15) is 25.5 Å². The SMILES string of the molecule is CC1CNC(c2ccccc2)CN1C(C)CS(C)=O. The zero-order valence-corrected chi connectivity index (χ0v) is 12.8. The van der Waals surface area contributed by atoms with Crippen LogP contribution in [0, 0.1) is 0 Å². The van der Waals surface area contributed by atoms with Gasteiger partial charge in [-0.15, -0.1) is 0 Å². The lowest BCUT2D eigenvalue weighted by Gasteiger charge is -2.42. The fourth-order valence-electron chi connectivity index (χ4n) is 2.84. The van der Waals surface area contributed by atoms with Crippen LogP contribution in [0.25, 0.3) is 0 Å². The number of nitrogens with zero attached hydrogens (tertiary/aromatic N) is 1. The van der Waals surface area contributed by atoms with E-state index in [0.29, 0.717) is 18.1 Å². The van der Waals surface area contributed by atoms with Gasteiger partial charge in [-0.25, -0.2) is 0 Å². The summed E-state index contributed by atoms with van der Waals surface area (Å²) >= 11 is 0. The summed E-state index contributed by atoms with van der Waals surface area (Å²) in [6, 6.07) is 11.8. The van der Waals surface area contributed by atoms with E-state index in [1.807, 2.05) is 0 Å². The number of nitrogens with one attached hydrogen (secondary N) is 1. The molecule has 1 aromatic carbocycles. The number of benzene rings is 1. The van der Waals surface area contributed by atoms with Gasteiger partial charge in [-0.05, 0) is 19.4 Å². The van der Waals surface area contributed by atoms with Crippen LogP contribution in [0.3, 0.4) is 0 Å². The molecule has 1 saturated heterocycles. The molecule has 1 aliphatic rings. The molecule has 3 nitrogen and oxygen atoms in total. The Balaban J connectivity index is 2.05. The third kappa shape index (κ3) is 3.88. The van der Waals surface area contributed by atoms with Crippen LogP contribution in [-0.4, -0.2) is 46.3 Å². The van der Waals surface area contributed by atoms with Crippen molar-refractivity contribution in [3.8, 4) is 0 Å². The normalized spacial score (nSPS) is 27.9. The van der Waals surface area contributed by atoms with E-state index in [9.17, 15) is 4.21 Å². The van der Waals surface area contributed by atoms with Crippen molar-refractivity contribution in [2.75, 3.05) is 25.1 Å². The van der Waals surface area contributed by atoms with E-state index < -0.39 is 10.8 Å². The fraction of sp³-hybridized carbons (Fsp3) is 0.600. The van der Waals surface area contributed by atoms with Gasteiger partial charge in [0, 0.05) is 54.0 Å². The van der Waals surface area contributed by atoms with Gasteiger partial charge >= 0.3 is 0 Å². The minimum absolute atomic E-state index is 0.370. The molecule has 1 fully saturated rings. The maximum absolute atomic E-state index is 11.4. The molecule has 2 rings (SSSR count). The van der Waals surface area contributed by atoms with Crippen LogP contribution in [0.2, 0.25) is 0 Å². The van der Waals surface area contributed by atoms with Crippen molar-refractivity contribution < 1.29 is 4.21 Å². The minimum Gasteiger partial charge on any atom is -0.307 e. The van der Waals surface area contributed by atoms with E-state index >= 15 is 0 Å². The molecule has 1 aliphatic heterocycles. The molecule has 106 valence electrons. The molecule has 0 aromatic heterocycles. The largest absolute Gasteiger partial charge is 0.307 e. The first-order valence-electron chi connectivity index (χ1n) is 6.92. The maximum Gasteiger partial charge on any atom is 0.0450 e. The van der Waals surface area contributed by atoms with Gasteiger partial charge in [0.2, 0.25) is 0 Å². The van der Waals surface area contributed by atoms with Crippen molar-refractivity contribution in [2.45, 2.75) is 32.0 Å². The Morgan fingerprint density at radius 2 is 2.11 bits per heavy atom. The molecule has 0 radical (unpaired) electrons. The summed E-state index contributed by atoms with van der Waals surface area (Å²) in [6.45, 7) is 6.40. The van der Waals surface area contributed by atoms with Gasteiger partial charge in [-0.2, -0.15) is 0 Å². The number of piperazine rings is 1. The third-order valence-corrected chi connectivity index (χ3v) is 4.82. The molecule has 1 heterocycles. The Morgan fingerprint density at radius 3 is 2.74 bits per heavy atom. The molecule has 4 atom stereocenters. The topological polar surface area (TPSA) is 32.3 Å². The zero-order valence-electron chi connectivity index (χ0n) is 12.0. The molecule has 0 amide bonds. The van der Waals surface area contributed by atoms with Crippen molar-refractivity contribution >= 4 is 10.8 Å². The zero-order chi connectivity index (χ0) is 13.8. The van der Waals surface area contributed by atoms with Gasteiger partial charge in [0.05, 0.1) is 0 Å². The Hall–Kier alpha value is -0.710. The van der Waals surface area contributed by atoms with Crippen molar-refractivity contribution in [2.24, 2.45) is 0 Å². The van der Waals surface area contributed by atoms with E-state index in [-0.39, 0.29) is 0 Å². The van der Waals surface area contributed by atoms with Crippen molar-refractivity contribution in [1.82, 2.24) is 10.2 Å². The molecule has 0 spiro atoms. The Kier molecular flexibility index (Phi) is 5.13. The lowest BCUT2D eigenvalue weighted by atomic mass is 10.0. The van der Waals surface area contributed by atoms with Crippen LogP contribution in [0.5, 0.6) is 0 Å². The highest BCUT2D eigenvalue weighted by Gasteiger charge is 2.29. The summed E-state index contributed by atoms with van der Waals surface area (Å²) in [4.78, 5) is 2.48. The molecule has 0 bridgehead atoms.